The van der Waals surface area contributed by atoms with Crippen LogP contribution in [0.1, 0.15) is 22.9 Å². The van der Waals surface area contributed by atoms with Gasteiger partial charge in [-0.25, -0.2) is 9.82 Å². The molecule has 0 fully saturated rings. The Balaban J connectivity index is 2.37. The molecule has 0 saturated heterocycles. The van der Waals surface area contributed by atoms with Gasteiger partial charge in [0.25, 0.3) is 0 Å². The largest absolute Gasteiger partial charge is 0.467 e. The quantitative estimate of drug-likeness (QED) is 0.616. The third-order valence-corrected chi connectivity index (χ3v) is 2.53. The van der Waals surface area contributed by atoms with Crippen LogP contribution in [0.4, 0.5) is 4.39 Å². The Morgan fingerprint density at radius 2 is 1.94 bits per heavy atom. The molecule has 4 heteroatoms. The first-order chi connectivity index (χ1) is 7.72. The van der Waals surface area contributed by atoms with Crippen LogP contribution in [0, 0.1) is 12.7 Å². The molecule has 2 rings (SSSR count). The second-order valence-corrected chi connectivity index (χ2v) is 3.62. The highest BCUT2D eigenvalue weighted by Gasteiger charge is 2.17. The Morgan fingerprint density at radius 3 is 2.44 bits per heavy atom. The lowest BCUT2D eigenvalue weighted by Crippen LogP contribution is -2.28. The molecule has 1 atom stereocenters. The minimum absolute atomic E-state index is 0.254. The Hall–Kier alpha value is -1.65. The van der Waals surface area contributed by atoms with Gasteiger partial charge >= 0.3 is 0 Å². The van der Waals surface area contributed by atoms with E-state index in [-0.39, 0.29) is 11.9 Å². The SMILES string of the molecule is Cc1ccoc1C(NN)c1ccc(F)cc1. The van der Waals surface area contributed by atoms with E-state index < -0.39 is 0 Å². The van der Waals surface area contributed by atoms with Crippen LogP contribution in [0.25, 0.3) is 0 Å². The molecule has 0 aliphatic heterocycles. The normalized spacial score (nSPS) is 12.7. The molecule has 0 saturated carbocycles. The molecule has 0 bridgehead atoms. The van der Waals surface area contributed by atoms with E-state index in [1.54, 1.807) is 18.4 Å². The Labute approximate surface area is 93.0 Å². The van der Waals surface area contributed by atoms with Gasteiger partial charge < -0.3 is 4.42 Å². The van der Waals surface area contributed by atoms with Gasteiger partial charge in [-0.2, -0.15) is 0 Å². The Kier molecular flexibility index (Phi) is 3.03. The van der Waals surface area contributed by atoms with Crippen LogP contribution in [0.15, 0.2) is 41.0 Å². The van der Waals surface area contributed by atoms with Gasteiger partial charge in [-0.3, -0.25) is 5.84 Å². The van der Waals surface area contributed by atoms with Crippen LogP contribution in [0.2, 0.25) is 0 Å². The fourth-order valence-electron chi connectivity index (χ4n) is 1.66. The summed E-state index contributed by atoms with van der Waals surface area (Å²) in [5, 5.41) is 0. The first-order valence-electron chi connectivity index (χ1n) is 4.98. The third kappa shape index (κ3) is 1.98. The molecule has 16 heavy (non-hydrogen) atoms. The molecule has 1 unspecified atom stereocenters. The molecule has 84 valence electrons. The van der Waals surface area contributed by atoms with Crippen molar-refractivity contribution >= 4 is 0 Å². The van der Waals surface area contributed by atoms with Crippen molar-refractivity contribution in [2.24, 2.45) is 5.84 Å². The minimum Gasteiger partial charge on any atom is -0.467 e. The van der Waals surface area contributed by atoms with E-state index in [2.05, 4.69) is 5.43 Å². The standard InChI is InChI=1S/C12H13FN2O/c1-8-6-7-16-12(8)11(15-14)9-2-4-10(13)5-3-9/h2-7,11,15H,14H2,1H3. The van der Waals surface area contributed by atoms with Crippen LogP contribution in [-0.4, -0.2) is 0 Å². The topological polar surface area (TPSA) is 51.2 Å². The van der Waals surface area contributed by atoms with Crippen molar-refractivity contribution in [3.63, 3.8) is 0 Å². The van der Waals surface area contributed by atoms with Crippen LogP contribution < -0.4 is 11.3 Å². The zero-order valence-electron chi connectivity index (χ0n) is 8.91. The third-order valence-electron chi connectivity index (χ3n) is 2.53. The number of benzene rings is 1. The van der Waals surface area contributed by atoms with Gasteiger partial charge in [0.2, 0.25) is 0 Å². The van der Waals surface area contributed by atoms with Crippen LogP contribution >= 0.6 is 0 Å². The van der Waals surface area contributed by atoms with Gasteiger partial charge in [-0.05, 0) is 36.2 Å². The maximum Gasteiger partial charge on any atom is 0.129 e. The fraction of sp³-hybridized carbons (Fsp3) is 0.167. The first kappa shape index (κ1) is 10.9. The van der Waals surface area contributed by atoms with Gasteiger partial charge in [-0.1, -0.05) is 12.1 Å². The molecule has 0 aliphatic carbocycles. The van der Waals surface area contributed by atoms with Crippen molar-refractivity contribution in [1.29, 1.82) is 0 Å². The Bertz CT molecular complexity index is 464. The Morgan fingerprint density at radius 1 is 1.25 bits per heavy atom. The lowest BCUT2D eigenvalue weighted by atomic mass is 10.0. The summed E-state index contributed by atoms with van der Waals surface area (Å²) >= 11 is 0. The van der Waals surface area contributed by atoms with Crippen molar-refractivity contribution in [2.75, 3.05) is 0 Å². The molecule has 1 aromatic carbocycles. The molecule has 1 aromatic heterocycles. The van der Waals surface area contributed by atoms with Crippen molar-refractivity contribution in [3.05, 3.63) is 59.3 Å². The number of nitrogens with two attached hydrogens (primary N) is 1. The predicted octanol–water partition coefficient (Wildman–Crippen LogP) is 2.28. The summed E-state index contributed by atoms with van der Waals surface area (Å²) in [5.41, 5.74) is 4.53. The molecule has 3 N–H and O–H groups in total. The van der Waals surface area contributed by atoms with E-state index in [9.17, 15) is 4.39 Å². The number of rotatable bonds is 3. The van der Waals surface area contributed by atoms with Gasteiger partial charge in [-0.15, -0.1) is 0 Å². The molecule has 0 aliphatic rings. The predicted molar refractivity (Wildman–Crippen MR) is 59.0 cm³/mol. The van der Waals surface area contributed by atoms with E-state index in [1.165, 1.54) is 12.1 Å². The van der Waals surface area contributed by atoms with E-state index in [4.69, 9.17) is 10.3 Å². The highest BCUT2D eigenvalue weighted by atomic mass is 19.1. The van der Waals surface area contributed by atoms with Crippen LogP contribution in [-0.2, 0) is 0 Å². The van der Waals surface area contributed by atoms with Crippen molar-refractivity contribution < 1.29 is 8.81 Å². The number of hydrazine groups is 1. The summed E-state index contributed by atoms with van der Waals surface area (Å²) in [7, 11) is 0. The first-order valence-corrected chi connectivity index (χ1v) is 4.98. The molecule has 0 radical (unpaired) electrons. The molecular formula is C12H13FN2O. The van der Waals surface area contributed by atoms with E-state index in [0.717, 1.165) is 16.9 Å². The number of halogens is 1. The highest BCUT2D eigenvalue weighted by molar-refractivity contribution is 5.30. The van der Waals surface area contributed by atoms with Gasteiger partial charge in [0.05, 0.1) is 6.26 Å². The highest BCUT2D eigenvalue weighted by Crippen LogP contribution is 2.24. The van der Waals surface area contributed by atoms with E-state index in [0.29, 0.717) is 0 Å². The lowest BCUT2D eigenvalue weighted by Gasteiger charge is -2.14. The summed E-state index contributed by atoms with van der Waals surface area (Å²) in [6, 6.07) is 7.78. The molecule has 0 amide bonds. The molecule has 0 spiro atoms. The van der Waals surface area contributed by atoms with Crippen LogP contribution in [0.3, 0.4) is 0 Å². The molecular weight excluding hydrogens is 207 g/mol. The van der Waals surface area contributed by atoms with Gasteiger partial charge in [0.15, 0.2) is 0 Å². The minimum atomic E-state index is -0.268. The fourth-order valence-corrected chi connectivity index (χ4v) is 1.66. The van der Waals surface area contributed by atoms with Crippen molar-refractivity contribution in [3.8, 4) is 0 Å². The molecule has 1 heterocycles. The summed E-state index contributed by atoms with van der Waals surface area (Å²) in [4.78, 5) is 0. The smallest absolute Gasteiger partial charge is 0.129 e. The summed E-state index contributed by atoms with van der Waals surface area (Å²) in [6.07, 6.45) is 1.61. The summed E-state index contributed by atoms with van der Waals surface area (Å²) in [6.45, 7) is 1.94. The summed E-state index contributed by atoms with van der Waals surface area (Å²) < 4.78 is 18.2. The lowest BCUT2D eigenvalue weighted by molar-refractivity contribution is 0.449. The van der Waals surface area contributed by atoms with Crippen molar-refractivity contribution in [1.82, 2.24) is 5.43 Å². The number of hydrogen-bond donors (Lipinski definition) is 2. The zero-order chi connectivity index (χ0) is 11.5. The summed E-state index contributed by atoms with van der Waals surface area (Å²) in [5.74, 6) is 5.98. The van der Waals surface area contributed by atoms with Crippen LogP contribution in [0.5, 0.6) is 0 Å². The maximum absolute atomic E-state index is 12.8. The van der Waals surface area contributed by atoms with Gasteiger partial charge in [0, 0.05) is 0 Å². The molecule has 3 nitrogen and oxygen atoms in total. The maximum atomic E-state index is 12.8. The average molecular weight is 220 g/mol. The van der Waals surface area contributed by atoms with E-state index in [1.807, 2.05) is 13.0 Å². The van der Waals surface area contributed by atoms with Crippen molar-refractivity contribution in [2.45, 2.75) is 13.0 Å². The zero-order valence-corrected chi connectivity index (χ0v) is 8.91. The number of aryl methyl sites for hydroxylation is 1. The second kappa shape index (κ2) is 4.47. The second-order valence-electron chi connectivity index (χ2n) is 3.62. The number of hydrogen-bond acceptors (Lipinski definition) is 3. The molecule has 2 aromatic rings. The monoisotopic (exact) mass is 220 g/mol. The van der Waals surface area contributed by atoms with Gasteiger partial charge in [0.1, 0.15) is 17.6 Å². The number of nitrogens with one attached hydrogen (secondary N) is 1. The average Bonchev–Trinajstić information content (AvgIpc) is 2.69. The van der Waals surface area contributed by atoms with E-state index >= 15 is 0 Å². The number of furan rings is 1.